The molecule has 2 aromatic carbocycles. The zero-order valence-corrected chi connectivity index (χ0v) is 17.4. The van der Waals surface area contributed by atoms with E-state index in [1.54, 1.807) is 0 Å². The molecule has 2 atom stereocenters. The van der Waals surface area contributed by atoms with Gasteiger partial charge < -0.3 is 14.6 Å². The molecular weight excluding hydrogens is 346 g/mol. The molecule has 0 amide bonds. The number of ether oxygens (including phenoxy) is 1. The van der Waals surface area contributed by atoms with Crippen molar-refractivity contribution in [3.05, 3.63) is 48.5 Å². The summed E-state index contributed by atoms with van der Waals surface area (Å²) in [6.45, 7) is 9.86. The molecule has 2 unspecified atom stereocenters. The average Bonchev–Trinajstić information content (AvgIpc) is 3.00. The molecule has 148 valence electrons. The van der Waals surface area contributed by atoms with Gasteiger partial charge in [0.25, 0.3) is 0 Å². The number of nitrogens with one attached hydrogen (secondary N) is 1. The standard InChI is InChI=1S/C24H31N3O/c1-5-28-20-12-10-18(11-13-20)25-23-26-21-8-6-7-9-22(21)27(23)19-14-17(2)15-24(3,4)16-19/h6-13,17,19H,5,14-16H2,1-4H3,(H,25,26). The molecule has 1 N–H and O–H groups in total. The highest BCUT2D eigenvalue weighted by atomic mass is 16.5. The van der Waals surface area contributed by atoms with Crippen molar-refractivity contribution < 1.29 is 4.74 Å². The Bertz CT molecular complexity index is 942. The molecule has 1 aliphatic rings. The van der Waals surface area contributed by atoms with E-state index in [0.29, 0.717) is 24.0 Å². The Kier molecular flexibility index (Phi) is 5.05. The van der Waals surface area contributed by atoms with Crippen molar-refractivity contribution in [2.45, 2.75) is 53.0 Å². The molecule has 4 rings (SSSR count). The number of hydrogen-bond acceptors (Lipinski definition) is 3. The van der Waals surface area contributed by atoms with Crippen LogP contribution in [0.5, 0.6) is 5.75 Å². The van der Waals surface area contributed by atoms with E-state index in [-0.39, 0.29) is 0 Å². The van der Waals surface area contributed by atoms with Gasteiger partial charge in [-0.05, 0) is 73.9 Å². The van der Waals surface area contributed by atoms with Crippen molar-refractivity contribution in [2.75, 3.05) is 11.9 Å². The number of fused-ring (bicyclic) bond motifs is 1. The monoisotopic (exact) mass is 377 g/mol. The van der Waals surface area contributed by atoms with Gasteiger partial charge in [-0.1, -0.05) is 32.9 Å². The Morgan fingerprint density at radius 1 is 1.11 bits per heavy atom. The first-order valence-corrected chi connectivity index (χ1v) is 10.4. The van der Waals surface area contributed by atoms with Crippen LogP contribution in [0.15, 0.2) is 48.5 Å². The summed E-state index contributed by atoms with van der Waals surface area (Å²) in [5, 5.41) is 3.57. The lowest BCUT2D eigenvalue weighted by atomic mass is 9.70. The Labute approximate surface area is 167 Å². The van der Waals surface area contributed by atoms with Gasteiger partial charge in [0.1, 0.15) is 5.75 Å². The summed E-state index contributed by atoms with van der Waals surface area (Å²) in [5.41, 5.74) is 3.64. The lowest BCUT2D eigenvalue weighted by Gasteiger charge is -2.40. The minimum absolute atomic E-state index is 0.351. The molecule has 1 aliphatic carbocycles. The van der Waals surface area contributed by atoms with Gasteiger partial charge in [-0.2, -0.15) is 0 Å². The molecule has 3 aromatic rings. The fraction of sp³-hybridized carbons (Fsp3) is 0.458. The minimum atomic E-state index is 0.351. The highest BCUT2D eigenvalue weighted by Gasteiger charge is 2.34. The first kappa shape index (κ1) is 18.9. The van der Waals surface area contributed by atoms with Crippen molar-refractivity contribution >= 4 is 22.7 Å². The summed E-state index contributed by atoms with van der Waals surface area (Å²) in [6, 6.07) is 17.0. The van der Waals surface area contributed by atoms with Gasteiger partial charge in [-0.25, -0.2) is 4.98 Å². The molecule has 4 nitrogen and oxygen atoms in total. The topological polar surface area (TPSA) is 39.1 Å². The van der Waals surface area contributed by atoms with E-state index in [2.05, 4.69) is 67.1 Å². The van der Waals surface area contributed by atoms with Gasteiger partial charge in [0, 0.05) is 11.7 Å². The molecule has 1 heterocycles. The first-order chi connectivity index (χ1) is 13.4. The van der Waals surface area contributed by atoms with E-state index < -0.39 is 0 Å². The van der Waals surface area contributed by atoms with Crippen LogP contribution in [-0.2, 0) is 0 Å². The summed E-state index contributed by atoms with van der Waals surface area (Å²) in [6.07, 6.45) is 3.66. The van der Waals surface area contributed by atoms with Crippen molar-refractivity contribution in [3.63, 3.8) is 0 Å². The lowest BCUT2D eigenvalue weighted by Crippen LogP contribution is -2.29. The number of para-hydroxylation sites is 2. The highest BCUT2D eigenvalue weighted by molar-refractivity contribution is 5.80. The van der Waals surface area contributed by atoms with E-state index in [1.807, 2.05) is 19.1 Å². The number of anilines is 2. The molecule has 0 saturated heterocycles. The summed E-state index contributed by atoms with van der Waals surface area (Å²) in [4.78, 5) is 4.94. The smallest absolute Gasteiger partial charge is 0.208 e. The van der Waals surface area contributed by atoms with Crippen LogP contribution >= 0.6 is 0 Å². The molecule has 1 fully saturated rings. The van der Waals surface area contributed by atoms with Crippen molar-refractivity contribution in [1.29, 1.82) is 0 Å². The van der Waals surface area contributed by atoms with Gasteiger partial charge >= 0.3 is 0 Å². The fourth-order valence-corrected chi connectivity index (χ4v) is 4.92. The predicted molar refractivity (Wildman–Crippen MR) is 116 cm³/mol. The van der Waals surface area contributed by atoms with E-state index in [9.17, 15) is 0 Å². The summed E-state index contributed by atoms with van der Waals surface area (Å²) in [7, 11) is 0. The Balaban J connectivity index is 1.71. The second-order valence-corrected chi connectivity index (χ2v) is 8.94. The zero-order chi connectivity index (χ0) is 19.7. The number of nitrogens with zero attached hydrogens (tertiary/aromatic N) is 2. The van der Waals surface area contributed by atoms with Crippen molar-refractivity contribution in [1.82, 2.24) is 9.55 Å². The largest absolute Gasteiger partial charge is 0.494 e. The van der Waals surface area contributed by atoms with Crippen LogP contribution in [0.2, 0.25) is 0 Å². The molecule has 0 bridgehead atoms. The molecule has 0 radical (unpaired) electrons. The highest BCUT2D eigenvalue weighted by Crippen LogP contribution is 2.46. The van der Waals surface area contributed by atoms with Gasteiger partial charge in [0.15, 0.2) is 0 Å². The third-order valence-corrected chi connectivity index (χ3v) is 5.75. The van der Waals surface area contributed by atoms with Crippen molar-refractivity contribution in [2.24, 2.45) is 11.3 Å². The lowest BCUT2D eigenvalue weighted by molar-refractivity contribution is 0.140. The van der Waals surface area contributed by atoms with Gasteiger partial charge in [-0.15, -0.1) is 0 Å². The maximum Gasteiger partial charge on any atom is 0.208 e. The Morgan fingerprint density at radius 2 is 1.86 bits per heavy atom. The molecule has 4 heteroatoms. The second-order valence-electron chi connectivity index (χ2n) is 8.94. The van der Waals surface area contributed by atoms with E-state index in [0.717, 1.165) is 22.9 Å². The van der Waals surface area contributed by atoms with E-state index in [4.69, 9.17) is 9.72 Å². The number of aromatic nitrogens is 2. The van der Waals surface area contributed by atoms with Crippen LogP contribution in [0.3, 0.4) is 0 Å². The Morgan fingerprint density at radius 3 is 2.57 bits per heavy atom. The molecule has 1 saturated carbocycles. The number of rotatable bonds is 5. The van der Waals surface area contributed by atoms with Crippen LogP contribution in [0, 0.1) is 11.3 Å². The third kappa shape index (κ3) is 3.87. The maximum absolute atomic E-state index is 5.56. The fourth-order valence-electron chi connectivity index (χ4n) is 4.92. The summed E-state index contributed by atoms with van der Waals surface area (Å²) in [5.74, 6) is 2.54. The summed E-state index contributed by atoms with van der Waals surface area (Å²) < 4.78 is 8.00. The third-order valence-electron chi connectivity index (χ3n) is 5.75. The average molecular weight is 378 g/mol. The first-order valence-electron chi connectivity index (χ1n) is 10.4. The molecule has 0 spiro atoms. The van der Waals surface area contributed by atoms with Crippen LogP contribution < -0.4 is 10.1 Å². The molecule has 0 aliphatic heterocycles. The van der Waals surface area contributed by atoms with E-state index >= 15 is 0 Å². The summed E-state index contributed by atoms with van der Waals surface area (Å²) >= 11 is 0. The van der Waals surface area contributed by atoms with Gasteiger partial charge in [0.2, 0.25) is 5.95 Å². The number of benzene rings is 2. The predicted octanol–water partition coefficient (Wildman–Crippen LogP) is 6.57. The van der Waals surface area contributed by atoms with Gasteiger partial charge in [-0.3, -0.25) is 0 Å². The van der Waals surface area contributed by atoms with Crippen LogP contribution in [0.25, 0.3) is 11.0 Å². The normalized spacial score (nSPS) is 21.6. The van der Waals surface area contributed by atoms with Crippen LogP contribution in [0.4, 0.5) is 11.6 Å². The van der Waals surface area contributed by atoms with E-state index in [1.165, 1.54) is 24.8 Å². The number of imidazole rings is 1. The zero-order valence-electron chi connectivity index (χ0n) is 17.4. The molecule has 1 aromatic heterocycles. The van der Waals surface area contributed by atoms with Crippen molar-refractivity contribution in [3.8, 4) is 5.75 Å². The Hall–Kier alpha value is -2.49. The quantitative estimate of drug-likeness (QED) is 0.547. The minimum Gasteiger partial charge on any atom is -0.494 e. The van der Waals surface area contributed by atoms with Gasteiger partial charge in [0.05, 0.1) is 17.6 Å². The molecule has 28 heavy (non-hydrogen) atoms. The second kappa shape index (κ2) is 7.50. The number of hydrogen-bond donors (Lipinski definition) is 1. The maximum atomic E-state index is 5.56. The van der Waals surface area contributed by atoms with Crippen LogP contribution in [-0.4, -0.2) is 16.2 Å². The molecular formula is C24H31N3O. The SMILES string of the molecule is CCOc1ccc(Nc2nc3ccccc3n2C2CC(C)CC(C)(C)C2)cc1. The van der Waals surface area contributed by atoms with Crippen LogP contribution in [0.1, 0.15) is 53.0 Å².